The maximum atomic E-state index is 12.1. The summed E-state index contributed by atoms with van der Waals surface area (Å²) in [6.45, 7) is 0.612. The number of hydrogen-bond acceptors (Lipinski definition) is 3. The van der Waals surface area contributed by atoms with Crippen LogP contribution in [-0.2, 0) is 0 Å². The molecular weight excluding hydrogens is 282 g/mol. The Kier molecular flexibility index (Phi) is 3.48. The number of thiophene rings is 1. The Labute approximate surface area is 120 Å². The maximum Gasteiger partial charge on any atom is 0.262 e. The minimum atomic E-state index is -0.185. The number of amides is 1. The van der Waals surface area contributed by atoms with Gasteiger partial charge in [-0.05, 0) is 24.8 Å². The number of hydrogen-bond donors (Lipinski definition) is 2. The number of nitrogens with one attached hydrogen (secondary N) is 1. The van der Waals surface area contributed by atoms with Crippen LogP contribution in [0, 0.1) is 5.92 Å². The number of aliphatic hydroxyl groups excluding tert-OH is 1. The minimum Gasteiger partial charge on any atom is -0.393 e. The standard InChI is InChI=1S/C14H14ClNO2S/c15-12-10-3-1-2-4-11(10)19-13(12)14(18)16-7-8-5-9(17)6-8/h1-4,8-9,17H,5-7H2,(H,16,18). The van der Waals surface area contributed by atoms with Crippen LogP contribution in [0.1, 0.15) is 22.5 Å². The largest absolute Gasteiger partial charge is 0.393 e. The number of rotatable bonds is 3. The van der Waals surface area contributed by atoms with E-state index in [9.17, 15) is 9.90 Å². The van der Waals surface area contributed by atoms with Crippen molar-refractivity contribution in [1.82, 2.24) is 5.32 Å². The predicted octanol–water partition coefficient (Wildman–Crippen LogP) is 3.06. The van der Waals surface area contributed by atoms with Crippen LogP contribution in [0.3, 0.4) is 0 Å². The van der Waals surface area contributed by atoms with E-state index < -0.39 is 0 Å². The molecule has 1 aliphatic rings. The summed E-state index contributed by atoms with van der Waals surface area (Å²) in [5.41, 5.74) is 0. The molecule has 0 atom stereocenters. The average molecular weight is 296 g/mol. The molecule has 19 heavy (non-hydrogen) atoms. The van der Waals surface area contributed by atoms with Gasteiger partial charge in [-0.25, -0.2) is 0 Å². The lowest BCUT2D eigenvalue weighted by atomic mass is 9.82. The summed E-state index contributed by atoms with van der Waals surface area (Å²) in [5, 5.41) is 13.6. The highest BCUT2D eigenvalue weighted by Crippen LogP contribution is 2.35. The van der Waals surface area contributed by atoms with Crippen LogP contribution in [0.25, 0.3) is 10.1 Å². The molecule has 0 radical (unpaired) electrons. The van der Waals surface area contributed by atoms with Crippen LogP contribution in [-0.4, -0.2) is 23.7 Å². The van der Waals surface area contributed by atoms with Gasteiger partial charge in [0, 0.05) is 16.6 Å². The maximum absolute atomic E-state index is 12.1. The lowest BCUT2D eigenvalue weighted by Gasteiger charge is -2.31. The zero-order chi connectivity index (χ0) is 13.4. The molecule has 1 saturated carbocycles. The third-order valence-electron chi connectivity index (χ3n) is 3.50. The highest BCUT2D eigenvalue weighted by Gasteiger charge is 2.27. The molecule has 5 heteroatoms. The van der Waals surface area contributed by atoms with Gasteiger partial charge >= 0.3 is 0 Å². The summed E-state index contributed by atoms with van der Waals surface area (Å²) in [7, 11) is 0. The fourth-order valence-electron chi connectivity index (χ4n) is 2.34. The molecule has 100 valence electrons. The van der Waals surface area contributed by atoms with E-state index in [-0.39, 0.29) is 12.0 Å². The quantitative estimate of drug-likeness (QED) is 0.914. The Morgan fingerprint density at radius 3 is 2.84 bits per heavy atom. The molecule has 0 aliphatic heterocycles. The van der Waals surface area contributed by atoms with Crippen molar-refractivity contribution in [2.75, 3.05) is 6.54 Å². The fraction of sp³-hybridized carbons (Fsp3) is 0.357. The smallest absolute Gasteiger partial charge is 0.262 e. The third-order valence-corrected chi connectivity index (χ3v) is 5.18. The zero-order valence-electron chi connectivity index (χ0n) is 10.2. The predicted molar refractivity (Wildman–Crippen MR) is 77.9 cm³/mol. The lowest BCUT2D eigenvalue weighted by molar-refractivity contribution is 0.0420. The third kappa shape index (κ3) is 2.48. The van der Waals surface area contributed by atoms with Gasteiger partial charge < -0.3 is 10.4 Å². The first kappa shape index (κ1) is 12.9. The van der Waals surface area contributed by atoms with E-state index in [1.54, 1.807) is 0 Å². The molecule has 3 rings (SSSR count). The first-order valence-electron chi connectivity index (χ1n) is 6.28. The molecule has 3 nitrogen and oxygen atoms in total. The van der Waals surface area contributed by atoms with Crippen molar-refractivity contribution in [3.63, 3.8) is 0 Å². The molecule has 1 aromatic carbocycles. The van der Waals surface area contributed by atoms with Crippen LogP contribution in [0.4, 0.5) is 0 Å². The lowest BCUT2D eigenvalue weighted by Crippen LogP contribution is -2.38. The number of benzene rings is 1. The van der Waals surface area contributed by atoms with E-state index in [0.29, 0.717) is 22.4 Å². The topological polar surface area (TPSA) is 49.3 Å². The van der Waals surface area contributed by atoms with Gasteiger partial charge in [0.05, 0.1) is 11.1 Å². The van der Waals surface area contributed by atoms with Gasteiger partial charge in [0.15, 0.2) is 0 Å². The normalized spacial score (nSPS) is 22.2. The highest BCUT2D eigenvalue weighted by atomic mass is 35.5. The van der Waals surface area contributed by atoms with Gasteiger partial charge in [-0.3, -0.25) is 4.79 Å². The molecule has 0 spiro atoms. The summed E-state index contributed by atoms with van der Waals surface area (Å²) in [6.07, 6.45) is 1.37. The van der Waals surface area contributed by atoms with Crippen LogP contribution in [0.5, 0.6) is 0 Å². The van der Waals surface area contributed by atoms with Crippen molar-refractivity contribution >= 4 is 38.9 Å². The zero-order valence-corrected chi connectivity index (χ0v) is 11.8. The van der Waals surface area contributed by atoms with Crippen molar-refractivity contribution < 1.29 is 9.90 Å². The van der Waals surface area contributed by atoms with Crippen molar-refractivity contribution in [1.29, 1.82) is 0 Å². The Morgan fingerprint density at radius 1 is 1.42 bits per heavy atom. The number of carbonyl (C=O) groups excluding carboxylic acids is 1. The number of aliphatic hydroxyl groups is 1. The summed E-state index contributed by atoms with van der Waals surface area (Å²) < 4.78 is 1.02. The second-order valence-electron chi connectivity index (χ2n) is 4.94. The van der Waals surface area contributed by atoms with E-state index in [0.717, 1.165) is 22.9 Å². The van der Waals surface area contributed by atoms with Gasteiger partial charge in [0.2, 0.25) is 0 Å². The molecule has 0 saturated heterocycles. The van der Waals surface area contributed by atoms with E-state index in [2.05, 4.69) is 5.32 Å². The van der Waals surface area contributed by atoms with E-state index in [4.69, 9.17) is 11.6 Å². The molecule has 1 fully saturated rings. The SMILES string of the molecule is O=C(NCC1CC(O)C1)c1sc2ccccc2c1Cl. The van der Waals surface area contributed by atoms with E-state index in [1.165, 1.54) is 11.3 Å². The molecule has 2 N–H and O–H groups in total. The first-order chi connectivity index (χ1) is 9.15. The van der Waals surface area contributed by atoms with Crippen molar-refractivity contribution in [3.05, 3.63) is 34.2 Å². The van der Waals surface area contributed by atoms with Gasteiger partial charge in [0.1, 0.15) is 4.88 Å². The van der Waals surface area contributed by atoms with Gasteiger partial charge in [-0.1, -0.05) is 29.8 Å². The van der Waals surface area contributed by atoms with Crippen LogP contribution in [0.15, 0.2) is 24.3 Å². The molecule has 1 aliphatic carbocycles. The summed E-state index contributed by atoms with van der Waals surface area (Å²) in [6, 6.07) is 7.74. The summed E-state index contributed by atoms with van der Waals surface area (Å²) >= 11 is 7.66. The van der Waals surface area contributed by atoms with Crippen LogP contribution in [0.2, 0.25) is 5.02 Å². The second-order valence-corrected chi connectivity index (χ2v) is 6.37. The Hall–Kier alpha value is -1.10. The minimum absolute atomic E-state index is 0.118. The monoisotopic (exact) mass is 295 g/mol. The molecular formula is C14H14ClNO2S. The highest BCUT2D eigenvalue weighted by molar-refractivity contribution is 7.21. The van der Waals surface area contributed by atoms with Gasteiger partial charge in [0.25, 0.3) is 5.91 Å². The number of carbonyl (C=O) groups is 1. The molecule has 1 aromatic heterocycles. The molecule has 0 bridgehead atoms. The fourth-order valence-corrected chi connectivity index (χ4v) is 3.78. The summed E-state index contributed by atoms with van der Waals surface area (Å²) in [4.78, 5) is 12.7. The second kappa shape index (κ2) is 5.12. The van der Waals surface area contributed by atoms with Crippen LogP contribution >= 0.6 is 22.9 Å². The summed E-state index contributed by atoms with van der Waals surface area (Å²) in [5.74, 6) is 0.277. The van der Waals surface area contributed by atoms with E-state index >= 15 is 0 Å². The van der Waals surface area contributed by atoms with Gasteiger partial charge in [-0.2, -0.15) is 0 Å². The Bertz CT molecular complexity index is 619. The van der Waals surface area contributed by atoms with Crippen molar-refractivity contribution in [2.45, 2.75) is 18.9 Å². The number of halogens is 1. The van der Waals surface area contributed by atoms with Crippen molar-refractivity contribution in [3.8, 4) is 0 Å². The molecule has 1 heterocycles. The van der Waals surface area contributed by atoms with Crippen LogP contribution < -0.4 is 5.32 Å². The average Bonchev–Trinajstić information content (AvgIpc) is 2.71. The number of fused-ring (bicyclic) bond motifs is 1. The molecule has 1 amide bonds. The Balaban J connectivity index is 1.72. The van der Waals surface area contributed by atoms with Crippen molar-refractivity contribution in [2.24, 2.45) is 5.92 Å². The molecule has 2 aromatic rings. The Morgan fingerprint density at radius 2 is 2.16 bits per heavy atom. The molecule has 0 unspecified atom stereocenters. The van der Waals surface area contributed by atoms with E-state index in [1.807, 2.05) is 24.3 Å². The van der Waals surface area contributed by atoms with Gasteiger partial charge in [-0.15, -0.1) is 11.3 Å². The first-order valence-corrected chi connectivity index (χ1v) is 7.48.